The third-order valence-electron chi connectivity index (χ3n) is 7.29. The Morgan fingerprint density at radius 3 is 2.64 bits per heavy atom. The topological polar surface area (TPSA) is 29.5 Å². The lowest BCUT2D eigenvalue weighted by atomic mass is 9.84. The number of hydrogen-bond acceptors (Lipinski definition) is 2. The normalized spacial score (nSPS) is 28.0. The van der Waals surface area contributed by atoms with Crippen LogP contribution in [0.15, 0.2) is 24.3 Å². The van der Waals surface area contributed by atoms with Crippen molar-refractivity contribution in [3.05, 3.63) is 35.4 Å². The van der Waals surface area contributed by atoms with Crippen molar-refractivity contribution in [2.45, 2.75) is 89.6 Å². The lowest BCUT2D eigenvalue weighted by molar-refractivity contribution is 0.0180. The van der Waals surface area contributed by atoms with E-state index in [9.17, 15) is 4.79 Å². The quantitative estimate of drug-likeness (QED) is 0.631. The number of carbonyl (C=O) groups excluding carboxylic acids is 1. The van der Waals surface area contributed by atoms with E-state index in [-0.39, 0.29) is 6.09 Å². The van der Waals surface area contributed by atoms with Crippen LogP contribution in [-0.2, 0) is 16.6 Å². The van der Waals surface area contributed by atoms with Crippen LogP contribution in [0.1, 0.15) is 83.3 Å². The van der Waals surface area contributed by atoms with Crippen molar-refractivity contribution in [3.8, 4) is 0 Å². The molecule has 0 N–H and O–H groups in total. The Hall–Kier alpha value is -1.51. The fourth-order valence-electron chi connectivity index (χ4n) is 5.68. The van der Waals surface area contributed by atoms with Gasteiger partial charge in [0.2, 0.25) is 0 Å². The lowest BCUT2D eigenvalue weighted by Crippen LogP contribution is -2.41. The van der Waals surface area contributed by atoms with Gasteiger partial charge in [-0.05, 0) is 94.1 Å². The maximum absolute atomic E-state index is 12.3. The average Bonchev–Trinajstić information content (AvgIpc) is 3.40. The van der Waals surface area contributed by atoms with Gasteiger partial charge in [-0.1, -0.05) is 37.1 Å². The van der Waals surface area contributed by atoms with Crippen LogP contribution in [0.25, 0.3) is 0 Å². The Balaban J connectivity index is 1.27. The Morgan fingerprint density at radius 1 is 1.14 bits per heavy atom. The molecule has 2 aliphatic carbocycles. The van der Waals surface area contributed by atoms with Crippen molar-refractivity contribution in [1.29, 1.82) is 0 Å². The van der Waals surface area contributed by atoms with E-state index in [1.54, 1.807) is 11.1 Å². The number of carbonyl (C=O) groups is 1. The van der Waals surface area contributed by atoms with Crippen LogP contribution in [0.5, 0.6) is 0 Å². The number of rotatable bonds is 3. The van der Waals surface area contributed by atoms with Crippen LogP contribution in [0.3, 0.4) is 0 Å². The zero-order chi connectivity index (χ0) is 19.8. The molecule has 2 atom stereocenters. The van der Waals surface area contributed by atoms with Gasteiger partial charge in [-0.3, -0.25) is 0 Å². The summed E-state index contributed by atoms with van der Waals surface area (Å²) in [5.74, 6) is 1.66. The first-order chi connectivity index (χ1) is 13.4. The molecule has 1 saturated heterocycles. The minimum atomic E-state index is -0.400. The van der Waals surface area contributed by atoms with E-state index < -0.39 is 5.60 Å². The average molecular weight is 384 g/mol. The SMILES string of the molecule is CC(C)(C)OC(=O)N1CCC(CCC2CC23CCCCc2ccccc23)CC1. The molecular weight excluding hydrogens is 346 g/mol. The summed E-state index contributed by atoms with van der Waals surface area (Å²) >= 11 is 0. The molecule has 3 aliphatic rings. The van der Waals surface area contributed by atoms with Gasteiger partial charge in [-0.2, -0.15) is 0 Å². The monoisotopic (exact) mass is 383 g/mol. The predicted molar refractivity (Wildman–Crippen MR) is 114 cm³/mol. The Morgan fingerprint density at radius 2 is 1.89 bits per heavy atom. The molecule has 28 heavy (non-hydrogen) atoms. The molecule has 1 spiro atoms. The van der Waals surface area contributed by atoms with Crippen LogP contribution in [0, 0.1) is 11.8 Å². The van der Waals surface area contributed by atoms with Gasteiger partial charge in [0, 0.05) is 13.1 Å². The molecule has 0 bridgehead atoms. The summed E-state index contributed by atoms with van der Waals surface area (Å²) < 4.78 is 5.53. The zero-order valence-electron chi connectivity index (χ0n) is 18.0. The fraction of sp³-hybridized carbons (Fsp3) is 0.720. The van der Waals surface area contributed by atoms with Crippen LogP contribution in [0.4, 0.5) is 4.79 Å². The van der Waals surface area contributed by atoms with Crippen molar-refractivity contribution < 1.29 is 9.53 Å². The maximum atomic E-state index is 12.3. The molecule has 1 aromatic carbocycles. The third kappa shape index (κ3) is 4.23. The van der Waals surface area contributed by atoms with Gasteiger partial charge in [-0.25, -0.2) is 4.79 Å². The Kier molecular flexibility index (Phi) is 5.46. The number of benzene rings is 1. The van der Waals surface area contributed by atoms with Crippen LogP contribution in [0.2, 0.25) is 0 Å². The van der Waals surface area contributed by atoms with E-state index in [2.05, 4.69) is 24.3 Å². The summed E-state index contributed by atoms with van der Waals surface area (Å²) in [7, 11) is 0. The summed E-state index contributed by atoms with van der Waals surface area (Å²) in [5, 5.41) is 0. The molecule has 3 nitrogen and oxygen atoms in total. The summed E-state index contributed by atoms with van der Waals surface area (Å²) in [5.41, 5.74) is 3.40. The molecule has 2 fully saturated rings. The highest BCUT2D eigenvalue weighted by molar-refractivity contribution is 5.68. The molecule has 1 heterocycles. The predicted octanol–water partition coefficient (Wildman–Crippen LogP) is 6.10. The second kappa shape index (κ2) is 7.72. The highest BCUT2D eigenvalue weighted by Crippen LogP contribution is 2.61. The first-order valence-electron chi connectivity index (χ1n) is 11.4. The van der Waals surface area contributed by atoms with Crippen LogP contribution >= 0.6 is 0 Å². The molecule has 4 rings (SSSR count). The van der Waals surface area contributed by atoms with E-state index >= 15 is 0 Å². The van der Waals surface area contributed by atoms with Crippen LogP contribution < -0.4 is 0 Å². The number of fused-ring (bicyclic) bond motifs is 2. The summed E-state index contributed by atoms with van der Waals surface area (Å²) in [6, 6.07) is 9.24. The molecule has 1 aliphatic heterocycles. The van der Waals surface area contributed by atoms with Gasteiger partial charge in [0.25, 0.3) is 0 Å². The van der Waals surface area contributed by atoms with Gasteiger partial charge in [0.1, 0.15) is 5.60 Å². The molecule has 1 amide bonds. The standard InChI is InChI=1S/C25H37NO2/c1-24(2,3)28-23(27)26-16-13-19(14-17-26)11-12-21-18-25(21)15-7-6-9-20-8-4-5-10-22(20)25/h4-5,8,10,19,21H,6-7,9,11-18H2,1-3H3. The van der Waals surface area contributed by atoms with Crippen LogP contribution in [-0.4, -0.2) is 29.7 Å². The van der Waals surface area contributed by atoms with Crippen molar-refractivity contribution in [3.63, 3.8) is 0 Å². The zero-order valence-corrected chi connectivity index (χ0v) is 18.0. The minimum absolute atomic E-state index is 0.137. The molecule has 3 heteroatoms. The van der Waals surface area contributed by atoms with E-state index in [4.69, 9.17) is 4.74 Å². The van der Waals surface area contributed by atoms with Crippen molar-refractivity contribution in [2.24, 2.45) is 11.8 Å². The smallest absolute Gasteiger partial charge is 0.410 e. The van der Waals surface area contributed by atoms with Gasteiger partial charge >= 0.3 is 6.09 Å². The second-order valence-electron chi connectivity index (χ2n) is 10.4. The minimum Gasteiger partial charge on any atom is -0.444 e. The summed E-state index contributed by atoms with van der Waals surface area (Å²) in [6.07, 6.45) is 11.6. The number of nitrogens with zero attached hydrogens (tertiary/aromatic N) is 1. The maximum Gasteiger partial charge on any atom is 0.410 e. The van der Waals surface area contributed by atoms with Crippen molar-refractivity contribution in [1.82, 2.24) is 4.90 Å². The lowest BCUT2D eigenvalue weighted by Gasteiger charge is -2.33. The number of amides is 1. The molecule has 2 unspecified atom stereocenters. The first-order valence-corrected chi connectivity index (χ1v) is 11.4. The molecule has 0 aromatic heterocycles. The van der Waals surface area contributed by atoms with Crippen molar-refractivity contribution in [2.75, 3.05) is 13.1 Å². The highest BCUT2D eigenvalue weighted by Gasteiger charge is 2.55. The van der Waals surface area contributed by atoms with Crippen molar-refractivity contribution >= 4 is 6.09 Å². The first kappa shape index (κ1) is 19.8. The number of ether oxygens (including phenoxy) is 1. The molecule has 154 valence electrons. The third-order valence-corrected chi connectivity index (χ3v) is 7.29. The number of hydrogen-bond donors (Lipinski definition) is 0. The number of piperidine rings is 1. The van der Waals surface area contributed by atoms with E-state index in [0.717, 1.165) is 37.8 Å². The second-order valence-corrected chi connectivity index (χ2v) is 10.4. The largest absolute Gasteiger partial charge is 0.444 e. The summed E-state index contributed by atoms with van der Waals surface area (Å²) in [6.45, 7) is 7.54. The molecule has 1 aromatic rings. The Bertz CT molecular complexity index is 699. The number of likely N-dealkylation sites (tertiary alicyclic amines) is 1. The molecule has 0 radical (unpaired) electrons. The Labute approximate surface area is 170 Å². The van der Waals surface area contributed by atoms with E-state index in [0.29, 0.717) is 5.41 Å². The molecule has 1 saturated carbocycles. The van der Waals surface area contributed by atoms with E-state index in [1.165, 1.54) is 44.9 Å². The van der Waals surface area contributed by atoms with E-state index in [1.807, 2.05) is 25.7 Å². The summed E-state index contributed by atoms with van der Waals surface area (Å²) in [4.78, 5) is 14.2. The molecular formula is C25H37NO2. The van der Waals surface area contributed by atoms with Gasteiger partial charge in [0.15, 0.2) is 0 Å². The van der Waals surface area contributed by atoms with Gasteiger partial charge < -0.3 is 9.64 Å². The van der Waals surface area contributed by atoms with Gasteiger partial charge in [-0.15, -0.1) is 0 Å². The number of aryl methyl sites for hydroxylation is 1. The fourth-order valence-corrected chi connectivity index (χ4v) is 5.68. The van der Waals surface area contributed by atoms with Gasteiger partial charge in [0.05, 0.1) is 0 Å². The highest BCUT2D eigenvalue weighted by atomic mass is 16.6.